The Hall–Kier alpha value is -1.55. The number of nitrogens with zero attached hydrogens (tertiary/aromatic N) is 1. The van der Waals surface area contributed by atoms with Crippen LogP contribution in [0.2, 0.25) is 0 Å². The van der Waals surface area contributed by atoms with E-state index in [0.29, 0.717) is 12.5 Å². The third kappa shape index (κ3) is 4.21. The predicted molar refractivity (Wildman–Crippen MR) is 91.0 cm³/mol. The number of urea groups is 1. The molecule has 0 spiro atoms. The monoisotopic (exact) mass is 304 g/mol. The third-order valence-electron chi connectivity index (χ3n) is 3.49. The van der Waals surface area contributed by atoms with Crippen molar-refractivity contribution in [3.63, 3.8) is 0 Å². The first-order valence-corrected chi connectivity index (χ1v) is 8.47. The maximum absolute atomic E-state index is 12.1. The molecule has 0 aliphatic carbocycles. The lowest BCUT2D eigenvalue weighted by molar-refractivity contribution is 0.194. The molecule has 0 atom stereocenters. The Morgan fingerprint density at radius 3 is 2.81 bits per heavy atom. The number of carbonyl (C=O) groups excluding carboxylic acids is 1. The van der Waals surface area contributed by atoms with Gasteiger partial charge in [0.15, 0.2) is 0 Å². The van der Waals surface area contributed by atoms with Gasteiger partial charge in [-0.05, 0) is 41.7 Å². The van der Waals surface area contributed by atoms with Crippen LogP contribution in [-0.2, 0) is 6.42 Å². The van der Waals surface area contributed by atoms with Crippen molar-refractivity contribution in [1.29, 1.82) is 0 Å². The van der Waals surface area contributed by atoms with Gasteiger partial charge in [-0.1, -0.05) is 32.0 Å². The maximum atomic E-state index is 12.1. The molecule has 4 heteroatoms. The molecule has 0 aliphatic heterocycles. The Kier molecular flexibility index (Phi) is 5.62. The summed E-state index contributed by atoms with van der Waals surface area (Å²) in [5.74, 6) is 0.497. The minimum atomic E-state index is 0.0470. The quantitative estimate of drug-likeness (QED) is 0.855. The summed E-state index contributed by atoms with van der Waals surface area (Å²) < 4.78 is 1.31. The zero-order chi connectivity index (χ0) is 15.2. The summed E-state index contributed by atoms with van der Waals surface area (Å²) in [6.07, 6.45) is 0.884. The molecular formula is C17H24N2OS. The second-order valence-electron chi connectivity index (χ2n) is 5.67. The summed E-state index contributed by atoms with van der Waals surface area (Å²) in [5, 5.41) is 6.54. The molecule has 3 nitrogen and oxygen atoms in total. The van der Waals surface area contributed by atoms with Crippen molar-refractivity contribution in [1.82, 2.24) is 10.2 Å². The molecule has 0 radical (unpaired) electrons. The number of amides is 2. The Labute approximate surface area is 131 Å². The van der Waals surface area contributed by atoms with Crippen molar-refractivity contribution in [2.24, 2.45) is 5.92 Å². The number of rotatable bonds is 6. The molecule has 114 valence electrons. The maximum Gasteiger partial charge on any atom is 0.317 e. The highest BCUT2D eigenvalue weighted by molar-refractivity contribution is 7.17. The van der Waals surface area contributed by atoms with Gasteiger partial charge in [-0.2, -0.15) is 0 Å². The van der Waals surface area contributed by atoms with Crippen LogP contribution in [-0.4, -0.2) is 30.6 Å². The summed E-state index contributed by atoms with van der Waals surface area (Å²) in [5.41, 5.74) is 1.32. The van der Waals surface area contributed by atoms with E-state index < -0.39 is 0 Å². The normalized spacial score (nSPS) is 11.0. The van der Waals surface area contributed by atoms with E-state index >= 15 is 0 Å². The lowest BCUT2D eigenvalue weighted by Crippen LogP contribution is -2.42. The van der Waals surface area contributed by atoms with Crippen LogP contribution in [0.1, 0.15) is 26.3 Å². The van der Waals surface area contributed by atoms with Crippen LogP contribution < -0.4 is 5.32 Å². The molecule has 2 amide bonds. The van der Waals surface area contributed by atoms with Crippen LogP contribution in [0, 0.1) is 5.92 Å². The van der Waals surface area contributed by atoms with Gasteiger partial charge in [0, 0.05) is 24.3 Å². The standard InChI is InChI=1S/C17H24N2OS/c1-4-19(11-13(2)3)17(20)18-10-9-14-12-21-16-8-6-5-7-15(14)16/h5-8,12-13H,4,9-11H2,1-3H3,(H,18,20). The third-order valence-corrected chi connectivity index (χ3v) is 4.50. The summed E-state index contributed by atoms with van der Waals surface area (Å²) in [6, 6.07) is 8.48. The molecule has 21 heavy (non-hydrogen) atoms. The minimum Gasteiger partial charge on any atom is -0.338 e. The number of carbonyl (C=O) groups is 1. The van der Waals surface area contributed by atoms with Crippen molar-refractivity contribution < 1.29 is 4.79 Å². The van der Waals surface area contributed by atoms with Crippen LogP contribution in [0.4, 0.5) is 4.79 Å². The highest BCUT2D eigenvalue weighted by Gasteiger charge is 2.12. The number of hydrogen-bond donors (Lipinski definition) is 1. The molecule has 0 bridgehead atoms. The second-order valence-corrected chi connectivity index (χ2v) is 6.58. The fraction of sp³-hybridized carbons (Fsp3) is 0.471. The fourth-order valence-corrected chi connectivity index (χ4v) is 3.44. The summed E-state index contributed by atoms with van der Waals surface area (Å²) in [4.78, 5) is 14.0. The lowest BCUT2D eigenvalue weighted by atomic mass is 10.1. The topological polar surface area (TPSA) is 32.3 Å². The summed E-state index contributed by atoms with van der Waals surface area (Å²) in [7, 11) is 0. The first-order valence-electron chi connectivity index (χ1n) is 7.59. The highest BCUT2D eigenvalue weighted by atomic mass is 32.1. The summed E-state index contributed by atoms with van der Waals surface area (Å²) >= 11 is 1.77. The zero-order valence-corrected chi connectivity index (χ0v) is 13.9. The van der Waals surface area contributed by atoms with Crippen molar-refractivity contribution in [3.05, 3.63) is 35.2 Å². The van der Waals surface area contributed by atoms with Crippen molar-refractivity contribution >= 4 is 27.5 Å². The van der Waals surface area contributed by atoms with Crippen LogP contribution >= 0.6 is 11.3 Å². The van der Waals surface area contributed by atoms with Gasteiger partial charge in [0.1, 0.15) is 0 Å². The van der Waals surface area contributed by atoms with E-state index in [9.17, 15) is 4.79 Å². The molecular weight excluding hydrogens is 280 g/mol. The van der Waals surface area contributed by atoms with Crippen molar-refractivity contribution in [2.45, 2.75) is 27.2 Å². The van der Waals surface area contributed by atoms with Gasteiger partial charge in [-0.15, -0.1) is 11.3 Å². The van der Waals surface area contributed by atoms with Gasteiger partial charge in [0.2, 0.25) is 0 Å². The van der Waals surface area contributed by atoms with E-state index in [0.717, 1.165) is 19.5 Å². The van der Waals surface area contributed by atoms with Gasteiger partial charge >= 0.3 is 6.03 Å². The van der Waals surface area contributed by atoms with Gasteiger partial charge in [0.25, 0.3) is 0 Å². The van der Waals surface area contributed by atoms with Gasteiger partial charge in [-0.25, -0.2) is 4.79 Å². The lowest BCUT2D eigenvalue weighted by Gasteiger charge is -2.23. The summed E-state index contributed by atoms with van der Waals surface area (Å²) in [6.45, 7) is 8.54. The molecule has 0 unspecified atom stereocenters. The Balaban J connectivity index is 1.87. The molecule has 0 saturated carbocycles. The number of hydrogen-bond acceptors (Lipinski definition) is 2. The number of thiophene rings is 1. The minimum absolute atomic E-state index is 0.0470. The van der Waals surface area contributed by atoms with Crippen LogP contribution in [0.25, 0.3) is 10.1 Å². The van der Waals surface area contributed by atoms with Crippen molar-refractivity contribution in [2.75, 3.05) is 19.6 Å². The van der Waals surface area contributed by atoms with Crippen LogP contribution in [0.5, 0.6) is 0 Å². The van der Waals surface area contributed by atoms with E-state index in [1.165, 1.54) is 15.6 Å². The molecule has 2 rings (SSSR count). The predicted octanol–water partition coefficient (Wildman–Crippen LogP) is 4.13. The second kappa shape index (κ2) is 7.46. The Morgan fingerprint density at radius 1 is 1.33 bits per heavy atom. The molecule has 1 N–H and O–H groups in total. The molecule has 0 aliphatic rings. The SMILES string of the molecule is CCN(CC(C)C)C(=O)NCCc1csc2ccccc12. The smallest absolute Gasteiger partial charge is 0.317 e. The molecule has 0 saturated heterocycles. The molecule has 1 heterocycles. The van der Waals surface area contributed by atoms with E-state index in [-0.39, 0.29) is 6.03 Å². The number of fused-ring (bicyclic) bond motifs is 1. The van der Waals surface area contributed by atoms with Gasteiger partial charge in [-0.3, -0.25) is 0 Å². The molecule has 0 fully saturated rings. The van der Waals surface area contributed by atoms with Gasteiger partial charge in [0.05, 0.1) is 0 Å². The number of benzene rings is 1. The van der Waals surface area contributed by atoms with E-state index in [1.807, 2.05) is 11.8 Å². The van der Waals surface area contributed by atoms with Crippen molar-refractivity contribution in [3.8, 4) is 0 Å². The zero-order valence-electron chi connectivity index (χ0n) is 13.1. The average Bonchev–Trinajstić information content (AvgIpc) is 2.88. The van der Waals surface area contributed by atoms with E-state index in [4.69, 9.17) is 0 Å². The largest absolute Gasteiger partial charge is 0.338 e. The van der Waals surface area contributed by atoms with Crippen LogP contribution in [0.3, 0.4) is 0 Å². The highest BCUT2D eigenvalue weighted by Crippen LogP contribution is 2.25. The molecule has 1 aromatic carbocycles. The Bertz CT molecular complexity index is 591. The van der Waals surface area contributed by atoms with E-state index in [1.54, 1.807) is 11.3 Å². The molecule has 1 aromatic heterocycles. The first-order chi connectivity index (χ1) is 10.1. The first kappa shape index (κ1) is 15.8. The number of nitrogens with one attached hydrogen (secondary N) is 1. The Morgan fingerprint density at radius 2 is 2.10 bits per heavy atom. The van der Waals surface area contributed by atoms with Crippen LogP contribution in [0.15, 0.2) is 29.6 Å². The fourth-order valence-electron chi connectivity index (χ4n) is 2.44. The van der Waals surface area contributed by atoms with E-state index in [2.05, 4.69) is 48.8 Å². The average molecular weight is 304 g/mol. The van der Waals surface area contributed by atoms with Gasteiger partial charge < -0.3 is 10.2 Å². The molecule has 2 aromatic rings.